The minimum Gasteiger partial charge on any atom is -0.478 e. The number of hydrogen-bond acceptors (Lipinski definition) is 5. The molecule has 1 aromatic heterocycles. The van der Waals surface area contributed by atoms with Gasteiger partial charge in [0.05, 0.1) is 16.3 Å². The lowest BCUT2D eigenvalue weighted by atomic mass is 10.2. The Balaban J connectivity index is 2.44. The molecule has 0 bridgehead atoms. The molecule has 2 rings (SSSR count). The Kier molecular flexibility index (Phi) is 2.99. The summed E-state index contributed by atoms with van der Waals surface area (Å²) in [6.07, 6.45) is 3.25. The van der Waals surface area contributed by atoms with Crippen LogP contribution < -0.4 is 5.32 Å². The molecule has 15 heavy (non-hydrogen) atoms. The van der Waals surface area contributed by atoms with Crippen LogP contribution in [0.5, 0.6) is 0 Å². The van der Waals surface area contributed by atoms with Crippen molar-refractivity contribution in [3.05, 3.63) is 16.8 Å². The van der Waals surface area contributed by atoms with Gasteiger partial charge in [-0.15, -0.1) is 11.8 Å². The van der Waals surface area contributed by atoms with E-state index in [0.717, 1.165) is 5.03 Å². The molecule has 2 N–H and O–H groups in total. The second-order valence-corrected chi connectivity index (χ2v) is 5.51. The topological polar surface area (TPSA) is 62.2 Å². The zero-order valence-corrected chi connectivity index (χ0v) is 10.0. The molecule has 2 heterocycles. The molecule has 1 unspecified atom stereocenters. The van der Waals surface area contributed by atoms with Gasteiger partial charge in [-0.25, -0.2) is 9.78 Å². The van der Waals surface area contributed by atoms with Gasteiger partial charge in [-0.05, 0) is 6.26 Å². The number of nitrogens with zero attached hydrogens (tertiary/aromatic N) is 1. The molecule has 1 aliphatic heterocycles. The highest BCUT2D eigenvalue weighted by atomic mass is 35.5. The van der Waals surface area contributed by atoms with Gasteiger partial charge < -0.3 is 10.4 Å². The van der Waals surface area contributed by atoms with E-state index in [-0.39, 0.29) is 15.3 Å². The van der Waals surface area contributed by atoms with Gasteiger partial charge in [0.15, 0.2) is 0 Å². The van der Waals surface area contributed by atoms with Crippen LogP contribution in [0.15, 0.2) is 11.2 Å². The number of pyridine rings is 1. The monoisotopic (exact) mass is 262 g/mol. The zero-order chi connectivity index (χ0) is 11.0. The first kappa shape index (κ1) is 10.9. The molecule has 0 aliphatic carbocycles. The third-order valence-corrected chi connectivity index (χ3v) is 4.58. The van der Waals surface area contributed by atoms with Crippen molar-refractivity contribution < 1.29 is 9.90 Å². The Hall–Kier alpha value is -0.590. The lowest BCUT2D eigenvalue weighted by Crippen LogP contribution is -2.05. The molecule has 0 saturated heterocycles. The van der Waals surface area contributed by atoms with Crippen molar-refractivity contribution in [1.82, 2.24) is 4.98 Å². The Bertz CT molecular complexity index is 427. The zero-order valence-electron chi connectivity index (χ0n) is 7.65. The van der Waals surface area contributed by atoms with E-state index in [4.69, 9.17) is 16.7 Å². The van der Waals surface area contributed by atoms with E-state index in [1.165, 1.54) is 18.0 Å². The minimum absolute atomic E-state index is 0.0327. The maximum absolute atomic E-state index is 10.8. The number of aromatic carboxylic acids is 1. The molecular formula is C8H7ClN2O2S2. The van der Waals surface area contributed by atoms with Gasteiger partial charge in [-0.1, -0.05) is 23.4 Å². The highest BCUT2D eigenvalue weighted by Crippen LogP contribution is 2.45. The molecule has 0 amide bonds. The number of hydrogen-bond donors (Lipinski definition) is 2. The first-order valence-corrected chi connectivity index (χ1v) is 6.56. The van der Waals surface area contributed by atoms with Crippen molar-refractivity contribution in [1.29, 1.82) is 0 Å². The molecular weight excluding hydrogens is 256 g/mol. The van der Waals surface area contributed by atoms with Gasteiger partial charge in [-0.3, -0.25) is 0 Å². The Morgan fingerprint density at radius 3 is 3.13 bits per heavy atom. The number of aromatic nitrogens is 1. The second kappa shape index (κ2) is 4.11. The van der Waals surface area contributed by atoms with E-state index < -0.39 is 5.97 Å². The van der Waals surface area contributed by atoms with Crippen molar-refractivity contribution in [3.63, 3.8) is 0 Å². The lowest BCUT2D eigenvalue weighted by Gasteiger charge is -2.06. The first-order chi connectivity index (χ1) is 7.13. The fraction of sp³-hybridized carbons (Fsp3) is 0.250. The maximum Gasteiger partial charge on any atom is 0.338 e. The lowest BCUT2D eigenvalue weighted by molar-refractivity contribution is 0.0696. The summed E-state index contributed by atoms with van der Waals surface area (Å²) in [6.45, 7) is 0. The largest absolute Gasteiger partial charge is 0.478 e. The van der Waals surface area contributed by atoms with Crippen LogP contribution in [0, 0.1) is 0 Å². The minimum atomic E-state index is -1.06. The third-order valence-electron chi connectivity index (χ3n) is 1.91. The van der Waals surface area contributed by atoms with Crippen molar-refractivity contribution in [2.45, 2.75) is 9.73 Å². The van der Waals surface area contributed by atoms with Crippen LogP contribution in [0.3, 0.4) is 0 Å². The first-order valence-electron chi connectivity index (χ1n) is 4.01. The Morgan fingerprint density at radius 2 is 2.53 bits per heavy atom. The van der Waals surface area contributed by atoms with E-state index in [1.54, 1.807) is 11.8 Å². The molecule has 1 aromatic rings. The fourth-order valence-corrected chi connectivity index (χ4v) is 3.19. The molecule has 0 aromatic carbocycles. The van der Waals surface area contributed by atoms with E-state index in [0.29, 0.717) is 5.69 Å². The van der Waals surface area contributed by atoms with Crippen LogP contribution in [-0.4, -0.2) is 27.0 Å². The molecule has 80 valence electrons. The molecule has 1 aliphatic rings. The van der Waals surface area contributed by atoms with Crippen molar-refractivity contribution in [3.8, 4) is 0 Å². The number of carboxylic acid groups (broad SMARTS) is 1. The van der Waals surface area contributed by atoms with Crippen LogP contribution >= 0.6 is 35.1 Å². The SMILES string of the molecule is CSC1Nc2c(ncc(C(=O)O)c2Cl)S1. The molecule has 0 saturated carbocycles. The van der Waals surface area contributed by atoms with Gasteiger partial charge in [0.25, 0.3) is 0 Å². The Labute approximate surface area is 99.8 Å². The molecule has 0 radical (unpaired) electrons. The van der Waals surface area contributed by atoms with Gasteiger partial charge in [0, 0.05) is 6.20 Å². The standard InChI is InChI=1S/C8H7ClN2O2S2/c1-14-8-11-5-4(9)3(7(12)13)2-10-6(5)15-8/h2,8,11H,1H3,(H,12,13). The highest BCUT2D eigenvalue weighted by molar-refractivity contribution is 8.17. The second-order valence-electron chi connectivity index (χ2n) is 2.80. The summed E-state index contributed by atoms with van der Waals surface area (Å²) in [5.41, 5.74) is 0.659. The number of carboxylic acids is 1. The summed E-state index contributed by atoms with van der Waals surface area (Å²) in [6, 6.07) is 0. The normalized spacial score (nSPS) is 18.4. The number of fused-ring (bicyclic) bond motifs is 1. The number of rotatable bonds is 2. The van der Waals surface area contributed by atoms with Crippen LogP contribution in [0.4, 0.5) is 5.69 Å². The summed E-state index contributed by atoms with van der Waals surface area (Å²) >= 11 is 9.12. The molecule has 1 atom stereocenters. The van der Waals surface area contributed by atoms with E-state index in [1.807, 2.05) is 6.26 Å². The summed E-state index contributed by atoms with van der Waals surface area (Å²) in [4.78, 5) is 14.9. The van der Waals surface area contributed by atoms with Crippen LogP contribution in [0.25, 0.3) is 0 Å². The number of carbonyl (C=O) groups is 1. The summed E-state index contributed by atoms with van der Waals surface area (Å²) in [5, 5.41) is 13.0. The van der Waals surface area contributed by atoms with Crippen molar-refractivity contribution in [2.24, 2.45) is 0 Å². The average molecular weight is 263 g/mol. The maximum atomic E-state index is 10.8. The number of thioether (sulfide) groups is 2. The molecule has 0 fully saturated rings. The van der Waals surface area contributed by atoms with E-state index >= 15 is 0 Å². The molecule has 0 spiro atoms. The Morgan fingerprint density at radius 1 is 1.80 bits per heavy atom. The van der Waals surface area contributed by atoms with Crippen molar-refractivity contribution in [2.75, 3.05) is 11.6 Å². The number of halogens is 1. The van der Waals surface area contributed by atoms with Crippen LogP contribution in [0.1, 0.15) is 10.4 Å². The van der Waals surface area contributed by atoms with Crippen molar-refractivity contribution >= 4 is 46.8 Å². The van der Waals surface area contributed by atoms with Gasteiger partial charge >= 0.3 is 5.97 Å². The van der Waals surface area contributed by atoms with Crippen LogP contribution in [0.2, 0.25) is 5.02 Å². The molecule has 7 heteroatoms. The predicted molar refractivity (Wildman–Crippen MR) is 63.0 cm³/mol. The third kappa shape index (κ3) is 1.89. The van der Waals surface area contributed by atoms with E-state index in [9.17, 15) is 4.79 Å². The summed E-state index contributed by atoms with van der Waals surface area (Å²) in [7, 11) is 0. The summed E-state index contributed by atoms with van der Waals surface area (Å²) in [5.74, 6) is -1.06. The quantitative estimate of drug-likeness (QED) is 0.854. The van der Waals surface area contributed by atoms with Gasteiger partial charge in [-0.2, -0.15) is 0 Å². The highest BCUT2D eigenvalue weighted by Gasteiger charge is 2.27. The van der Waals surface area contributed by atoms with Crippen LogP contribution in [-0.2, 0) is 0 Å². The van der Waals surface area contributed by atoms with Gasteiger partial charge in [0.1, 0.15) is 9.73 Å². The smallest absolute Gasteiger partial charge is 0.338 e. The van der Waals surface area contributed by atoms with E-state index in [2.05, 4.69) is 10.3 Å². The number of nitrogens with one attached hydrogen (secondary N) is 1. The predicted octanol–water partition coefficient (Wildman–Crippen LogP) is 2.60. The molecule has 4 nitrogen and oxygen atoms in total. The fourth-order valence-electron chi connectivity index (χ4n) is 1.19. The van der Waals surface area contributed by atoms with Gasteiger partial charge in [0.2, 0.25) is 0 Å². The summed E-state index contributed by atoms with van der Waals surface area (Å²) < 4.78 is 0.147. The number of anilines is 1. The average Bonchev–Trinajstić information content (AvgIpc) is 2.61.